The molecule has 0 aliphatic heterocycles. The van der Waals surface area contributed by atoms with E-state index in [-0.39, 0.29) is 6.04 Å². The summed E-state index contributed by atoms with van der Waals surface area (Å²) in [4.78, 5) is 9.97. The molecular formula is C13H17N3OS. The quantitative estimate of drug-likeness (QED) is 0.919. The largest absolute Gasteiger partial charge is 0.480 e. The minimum Gasteiger partial charge on any atom is -0.480 e. The van der Waals surface area contributed by atoms with Crippen LogP contribution in [0.5, 0.6) is 5.88 Å². The zero-order valence-corrected chi connectivity index (χ0v) is 11.8. The second-order valence-electron chi connectivity index (χ2n) is 4.10. The molecule has 0 spiro atoms. The first-order valence-corrected chi connectivity index (χ1v) is 6.63. The van der Waals surface area contributed by atoms with E-state index in [1.165, 1.54) is 4.88 Å². The molecule has 0 aliphatic carbocycles. The van der Waals surface area contributed by atoms with Crippen molar-refractivity contribution in [2.45, 2.75) is 26.8 Å². The van der Waals surface area contributed by atoms with E-state index in [4.69, 9.17) is 4.74 Å². The van der Waals surface area contributed by atoms with E-state index in [2.05, 4.69) is 29.1 Å². The highest BCUT2D eigenvalue weighted by atomic mass is 32.1. The van der Waals surface area contributed by atoms with Crippen molar-refractivity contribution in [2.24, 2.45) is 0 Å². The van der Waals surface area contributed by atoms with E-state index in [1.54, 1.807) is 24.6 Å². The van der Waals surface area contributed by atoms with Gasteiger partial charge >= 0.3 is 0 Å². The van der Waals surface area contributed by atoms with Crippen LogP contribution in [-0.2, 0) is 0 Å². The van der Waals surface area contributed by atoms with E-state index in [9.17, 15) is 0 Å². The average Bonchev–Trinajstić information content (AvgIpc) is 2.69. The predicted octanol–water partition coefficient (Wildman–Crippen LogP) is 3.34. The second-order valence-corrected chi connectivity index (χ2v) is 5.51. The summed E-state index contributed by atoms with van der Waals surface area (Å²) in [5, 5.41) is 4.48. The van der Waals surface area contributed by atoms with Crippen molar-refractivity contribution in [1.82, 2.24) is 9.97 Å². The van der Waals surface area contributed by atoms with E-state index < -0.39 is 0 Å². The summed E-state index contributed by atoms with van der Waals surface area (Å²) < 4.78 is 5.23. The number of nitrogens with one attached hydrogen (secondary N) is 1. The maximum absolute atomic E-state index is 5.23. The van der Waals surface area contributed by atoms with Crippen LogP contribution in [-0.4, -0.2) is 17.1 Å². The van der Waals surface area contributed by atoms with Crippen molar-refractivity contribution >= 4 is 17.0 Å². The fourth-order valence-corrected chi connectivity index (χ4v) is 2.83. The van der Waals surface area contributed by atoms with E-state index >= 15 is 0 Å². The summed E-state index contributed by atoms with van der Waals surface area (Å²) in [7, 11) is 1.62. The van der Waals surface area contributed by atoms with E-state index in [0.29, 0.717) is 5.88 Å². The normalized spacial score (nSPS) is 12.2. The molecule has 0 saturated heterocycles. The first kappa shape index (κ1) is 12.8. The molecule has 4 nitrogen and oxygen atoms in total. The number of methoxy groups -OCH3 is 1. The van der Waals surface area contributed by atoms with Crippen LogP contribution in [0.1, 0.15) is 28.5 Å². The third-order valence-electron chi connectivity index (χ3n) is 2.69. The average molecular weight is 263 g/mol. The van der Waals surface area contributed by atoms with Gasteiger partial charge in [0, 0.05) is 11.1 Å². The number of hydrogen-bond acceptors (Lipinski definition) is 5. The standard InChI is InChI=1S/C13H17N3OS/c1-8(12-9(2)18-10(3)16-12)15-11-6-5-7-14-13(11)17-4/h5-8,15H,1-4H3. The molecule has 0 radical (unpaired) electrons. The van der Waals surface area contributed by atoms with Gasteiger partial charge in [0.05, 0.1) is 29.5 Å². The Morgan fingerprint density at radius 3 is 2.78 bits per heavy atom. The number of rotatable bonds is 4. The molecule has 18 heavy (non-hydrogen) atoms. The predicted molar refractivity (Wildman–Crippen MR) is 74.4 cm³/mol. The Hall–Kier alpha value is -1.62. The lowest BCUT2D eigenvalue weighted by Crippen LogP contribution is -2.09. The van der Waals surface area contributed by atoms with Crippen molar-refractivity contribution in [3.8, 4) is 5.88 Å². The Kier molecular flexibility index (Phi) is 3.81. The fourth-order valence-electron chi connectivity index (χ4n) is 1.91. The molecule has 0 saturated carbocycles. The molecule has 96 valence electrons. The van der Waals surface area contributed by atoms with Gasteiger partial charge < -0.3 is 10.1 Å². The number of aryl methyl sites for hydroxylation is 2. The highest BCUT2D eigenvalue weighted by molar-refractivity contribution is 7.11. The third-order valence-corrected chi connectivity index (χ3v) is 3.59. The van der Waals surface area contributed by atoms with Crippen LogP contribution in [0.25, 0.3) is 0 Å². The molecular weight excluding hydrogens is 246 g/mol. The van der Waals surface area contributed by atoms with Gasteiger partial charge in [0.15, 0.2) is 0 Å². The number of hydrogen-bond donors (Lipinski definition) is 1. The van der Waals surface area contributed by atoms with Crippen molar-refractivity contribution < 1.29 is 4.74 Å². The Morgan fingerprint density at radius 2 is 2.17 bits per heavy atom. The summed E-state index contributed by atoms with van der Waals surface area (Å²) in [5.74, 6) is 0.606. The van der Waals surface area contributed by atoms with E-state index in [1.807, 2.05) is 19.1 Å². The van der Waals surface area contributed by atoms with E-state index in [0.717, 1.165) is 16.4 Å². The zero-order valence-electron chi connectivity index (χ0n) is 11.0. The van der Waals surface area contributed by atoms with Gasteiger partial charge in [0.2, 0.25) is 5.88 Å². The molecule has 2 aromatic heterocycles. The van der Waals surface area contributed by atoms with Gasteiger partial charge in [-0.3, -0.25) is 0 Å². The molecule has 1 unspecified atom stereocenters. The number of ether oxygens (including phenoxy) is 1. The lowest BCUT2D eigenvalue weighted by molar-refractivity contribution is 0.399. The Labute approximate surface area is 111 Å². The molecule has 0 amide bonds. The molecule has 5 heteroatoms. The number of thiazole rings is 1. The molecule has 1 N–H and O–H groups in total. The van der Waals surface area contributed by atoms with Crippen molar-refractivity contribution in [2.75, 3.05) is 12.4 Å². The molecule has 0 bridgehead atoms. The van der Waals surface area contributed by atoms with Crippen LogP contribution < -0.4 is 10.1 Å². The Morgan fingerprint density at radius 1 is 1.39 bits per heavy atom. The summed E-state index contributed by atoms with van der Waals surface area (Å²) in [6, 6.07) is 3.97. The van der Waals surface area contributed by atoms with Crippen LogP contribution >= 0.6 is 11.3 Å². The molecule has 2 aromatic rings. The van der Waals surface area contributed by atoms with Crippen LogP contribution in [0.15, 0.2) is 18.3 Å². The van der Waals surface area contributed by atoms with Crippen LogP contribution in [0.3, 0.4) is 0 Å². The number of pyridine rings is 1. The van der Waals surface area contributed by atoms with Gasteiger partial charge in [-0.05, 0) is 32.9 Å². The van der Waals surface area contributed by atoms with Gasteiger partial charge in [-0.15, -0.1) is 11.3 Å². The SMILES string of the molecule is COc1ncccc1NC(C)c1nc(C)sc1C. The first-order chi connectivity index (χ1) is 8.61. The molecule has 2 heterocycles. The number of nitrogens with zero attached hydrogens (tertiary/aromatic N) is 2. The minimum atomic E-state index is 0.132. The summed E-state index contributed by atoms with van der Waals surface area (Å²) in [6.07, 6.45) is 1.72. The van der Waals surface area contributed by atoms with Crippen molar-refractivity contribution in [1.29, 1.82) is 0 Å². The number of aromatic nitrogens is 2. The van der Waals surface area contributed by atoms with Gasteiger partial charge in [0.1, 0.15) is 0 Å². The van der Waals surface area contributed by atoms with Crippen LogP contribution in [0.4, 0.5) is 5.69 Å². The topological polar surface area (TPSA) is 47.0 Å². The zero-order chi connectivity index (χ0) is 13.1. The van der Waals surface area contributed by atoms with Crippen LogP contribution in [0, 0.1) is 13.8 Å². The monoisotopic (exact) mass is 263 g/mol. The van der Waals surface area contributed by atoms with Gasteiger partial charge in [0.25, 0.3) is 0 Å². The molecule has 2 rings (SSSR count). The van der Waals surface area contributed by atoms with Crippen molar-refractivity contribution in [3.05, 3.63) is 33.9 Å². The maximum Gasteiger partial charge on any atom is 0.237 e. The van der Waals surface area contributed by atoms with Crippen molar-refractivity contribution in [3.63, 3.8) is 0 Å². The fraction of sp³-hybridized carbons (Fsp3) is 0.385. The van der Waals surface area contributed by atoms with Crippen LogP contribution in [0.2, 0.25) is 0 Å². The first-order valence-electron chi connectivity index (χ1n) is 5.81. The van der Waals surface area contributed by atoms with Gasteiger partial charge in [-0.1, -0.05) is 0 Å². The maximum atomic E-state index is 5.23. The smallest absolute Gasteiger partial charge is 0.237 e. The Bertz CT molecular complexity index is 539. The second kappa shape index (κ2) is 5.35. The summed E-state index contributed by atoms with van der Waals surface area (Å²) >= 11 is 1.72. The Balaban J connectivity index is 2.21. The highest BCUT2D eigenvalue weighted by Crippen LogP contribution is 2.28. The number of anilines is 1. The molecule has 1 atom stereocenters. The molecule has 0 aromatic carbocycles. The van der Waals surface area contributed by atoms with Gasteiger partial charge in [-0.2, -0.15) is 0 Å². The molecule has 0 aliphatic rings. The minimum absolute atomic E-state index is 0.132. The lowest BCUT2D eigenvalue weighted by Gasteiger charge is -2.15. The lowest BCUT2D eigenvalue weighted by atomic mass is 10.2. The molecule has 0 fully saturated rings. The third kappa shape index (κ3) is 2.61. The summed E-state index contributed by atoms with van der Waals surface area (Å²) in [5.41, 5.74) is 1.97. The summed E-state index contributed by atoms with van der Waals surface area (Å²) in [6.45, 7) is 6.21. The van der Waals surface area contributed by atoms with Gasteiger partial charge in [-0.25, -0.2) is 9.97 Å². The highest BCUT2D eigenvalue weighted by Gasteiger charge is 2.14.